The highest BCUT2D eigenvalue weighted by molar-refractivity contribution is 5.91. The maximum Gasteiger partial charge on any atom is 0.166 e. The SMILES string of the molecule is CC1=CC(=O)CCC1(C)C1OCCCO1. The van der Waals surface area contributed by atoms with E-state index < -0.39 is 0 Å². The van der Waals surface area contributed by atoms with Crippen molar-refractivity contribution in [3.05, 3.63) is 11.6 Å². The number of rotatable bonds is 1. The van der Waals surface area contributed by atoms with Crippen molar-refractivity contribution < 1.29 is 14.3 Å². The standard InChI is InChI=1S/C12H18O3/c1-9-8-10(13)4-5-12(9,2)11-14-6-3-7-15-11/h8,11H,3-7H2,1-2H3. The summed E-state index contributed by atoms with van der Waals surface area (Å²) in [5.74, 6) is 0.223. The van der Waals surface area contributed by atoms with E-state index in [1.54, 1.807) is 6.08 Å². The summed E-state index contributed by atoms with van der Waals surface area (Å²) in [6.07, 6.45) is 3.98. The first-order valence-corrected chi connectivity index (χ1v) is 5.58. The molecule has 0 aromatic carbocycles. The minimum absolute atomic E-state index is 0.117. The largest absolute Gasteiger partial charge is 0.352 e. The number of carbonyl (C=O) groups is 1. The van der Waals surface area contributed by atoms with Crippen molar-refractivity contribution in [2.45, 2.75) is 39.4 Å². The Balaban J connectivity index is 2.17. The monoisotopic (exact) mass is 210 g/mol. The summed E-state index contributed by atoms with van der Waals surface area (Å²) in [4.78, 5) is 11.3. The van der Waals surface area contributed by atoms with E-state index in [1.165, 1.54) is 0 Å². The molecule has 1 aliphatic heterocycles. The van der Waals surface area contributed by atoms with Gasteiger partial charge in [-0.25, -0.2) is 0 Å². The van der Waals surface area contributed by atoms with Crippen LogP contribution in [0.2, 0.25) is 0 Å². The van der Waals surface area contributed by atoms with Gasteiger partial charge in [-0.05, 0) is 25.8 Å². The first-order valence-electron chi connectivity index (χ1n) is 5.58. The van der Waals surface area contributed by atoms with Gasteiger partial charge in [0.1, 0.15) is 0 Å². The highest BCUT2D eigenvalue weighted by Crippen LogP contribution is 2.41. The fourth-order valence-electron chi connectivity index (χ4n) is 2.22. The molecule has 1 heterocycles. The summed E-state index contributed by atoms with van der Waals surface area (Å²) < 4.78 is 11.3. The van der Waals surface area contributed by atoms with Gasteiger partial charge in [-0.2, -0.15) is 0 Å². The lowest BCUT2D eigenvalue weighted by Gasteiger charge is -2.41. The highest BCUT2D eigenvalue weighted by Gasteiger charge is 2.41. The molecule has 0 radical (unpaired) electrons. The van der Waals surface area contributed by atoms with Crippen molar-refractivity contribution in [3.63, 3.8) is 0 Å². The van der Waals surface area contributed by atoms with Gasteiger partial charge in [-0.3, -0.25) is 4.79 Å². The second kappa shape index (κ2) is 4.06. The number of carbonyl (C=O) groups excluding carboxylic acids is 1. The number of hydrogen-bond donors (Lipinski definition) is 0. The fraction of sp³-hybridized carbons (Fsp3) is 0.750. The molecule has 15 heavy (non-hydrogen) atoms. The molecule has 2 rings (SSSR count). The van der Waals surface area contributed by atoms with Gasteiger partial charge in [0.05, 0.1) is 13.2 Å². The molecular weight excluding hydrogens is 192 g/mol. The van der Waals surface area contributed by atoms with E-state index in [1.807, 2.05) is 6.92 Å². The summed E-state index contributed by atoms with van der Waals surface area (Å²) in [6, 6.07) is 0. The Morgan fingerprint density at radius 1 is 1.40 bits per heavy atom. The second-order valence-electron chi connectivity index (χ2n) is 4.64. The van der Waals surface area contributed by atoms with Crippen LogP contribution in [-0.4, -0.2) is 25.3 Å². The summed E-state index contributed by atoms with van der Waals surface area (Å²) in [5.41, 5.74) is 0.972. The van der Waals surface area contributed by atoms with Crippen LogP contribution >= 0.6 is 0 Å². The number of hydrogen-bond acceptors (Lipinski definition) is 3. The zero-order chi connectivity index (χ0) is 10.9. The van der Waals surface area contributed by atoms with Gasteiger partial charge < -0.3 is 9.47 Å². The molecule has 0 amide bonds. The van der Waals surface area contributed by atoms with Crippen molar-refractivity contribution >= 4 is 5.78 Å². The van der Waals surface area contributed by atoms with E-state index in [4.69, 9.17) is 9.47 Å². The van der Waals surface area contributed by atoms with Crippen LogP contribution < -0.4 is 0 Å². The van der Waals surface area contributed by atoms with Crippen LogP contribution in [0.25, 0.3) is 0 Å². The van der Waals surface area contributed by atoms with Crippen molar-refractivity contribution in [1.29, 1.82) is 0 Å². The second-order valence-corrected chi connectivity index (χ2v) is 4.64. The molecule has 2 aliphatic rings. The van der Waals surface area contributed by atoms with Crippen LogP contribution in [0.1, 0.15) is 33.1 Å². The van der Waals surface area contributed by atoms with Crippen LogP contribution in [0.3, 0.4) is 0 Å². The number of ether oxygens (including phenoxy) is 2. The average Bonchev–Trinajstić information content (AvgIpc) is 2.25. The first kappa shape index (κ1) is 10.8. The van der Waals surface area contributed by atoms with Gasteiger partial charge in [-0.15, -0.1) is 0 Å². The van der Waals surface area contributed by atoms with Crippen LogP contribution in [0.4, 0.5) is 0 Å². The van der Waals surface area contributed by atoms with Crippen molar-refractivity contribution in [3.8, 4) is 0 Å². The van der Waals surface area contributed by atoms with Gasteiger partial charge >= 0.3 is 0 Å². The Hall–Kier alpha value is -0.670. The number of allylic oxidation sites excluding steroid dienone is 1. The molecule has 1 fully saturated rings. The van der Waals surface area contributed by atoms with Crippen LogP contribution in [-0.2, 0) is 14.3 Å². The van der Waals surface area contributed by atoms with E-state index in [-0.39, 0.29) is 17.5 Å². The molecule has 0 bridgehead atoms. The van der Waals surface area contributed by atoms with E-state index in [2.05, 4.69) is 6.92 Å². The Labute approximate surface area is 90.4 Å². The summed E-state index contributed by atoms with van der Waals surface area (Å²) in [6.45, 7) is 5.66. The number of ketones is 1. The normalized spacial score (nSPS) is 34.0. The van der Waals surface area contributed by atoms with E-state index in [0.29, 0.717) is 6.42 Å². The fourth-order valence-corrected chi connectivity index (χ4v) is 2.22. The van der Waals surface area contributed by atoms with Crippen LogP contribution in [0.5, 0.6) is 0 Å². The zero-order valence-corrected chi connectivity index (χ0v) is 9.41. The molecule has 0 spiro atoms. The van der Waals surface area contributed by atoms with Gasteiger partial charge in [-0.1, -0.05) is 12.5 Å². The van der Waals surface area contributed by atoms with Gasteiger partial charge in [0.15, 0.2) is 12.1 Å². The molecule has 1 atom stereocenters. The Morgan fingerprint density at radius 3 is 2.67 bits per heavy atom. The molecule has 1 saturated heterocycles. The van der Waals surface area contributed by atoms with E-state index in [9.17, 15) is 4.79 Å². The molecule has 0 aromatic heterocycles. The first-order chi connectivity index (χ1) is 7.13. The maximum absolute atomic E-state index is 11.3. The molecule has 0 aromatic rings. The quantitative estimate of drug-likeness (QED) is 0.664. The molecule has 3 nitrogen and oxygen atoms in total. The van der Waals surface area contributed by atoms with Crippen LogP contribution in [0, 0.1) is 5.41 Å². The van der Waals surface area contributed by atoms with E-state index in [0.717, 1.165) is 31.6 Å². The Kier molecular flexibility index (Phi) is 2.94. The molecule has 0 saturated carbocycles. The Bertz CT molecular complexity index is 289. The van der Waals surface area contributed by atoms with Crippen molar-refractivity contribution in [1.82, 2.24) is 0 Å². The predicted octanol–water partition coefficient (Wildman–Crippen LogP) is 2.06. The highest BCUT2D eigenvalue weighted by atomic mass is 16.7. The smallest absolute Gasteiger partial charge is 0.166 e. The molecular formula is C12H18O3. The molecule has 1 unspecified atom stereocenters. The summed E-state index contributed by atoms with van der Waals surface area (Å²) in [5, 5.41) is 0. The van der Waals surface area contributed by atoms with E-state index >= 15 is 0 Å². The minimum atomic E-state index is -0.171. The van der Waals surface area contributed by atoms with Gasteiger partial charge in [0, 0.05) is 11.8 Å². The third-order valence-corrected chi connectivity index (χ3v) is 3.52. The maximum atomic E-state index is 11.3. The third kappa shape index (κ3) is 1.99. The lowest BCUT2D eigenvalue weighted by Crippen LogP contribution is -2.42. The minimum Gasteiger partial charge on any atom is -0.352 e. The third-order valence-electron chi connectivity index (χ3n) is 3.52. The van der Waals surface area contributed by atoms with Crippen LogP contribution in [0.15, 0.2) is 11.6 Å². The Morgan fingerprint density at radius 2 is 2.07 bits per heavy atom. The topological polar surface area (TPSA) is 35.5 Å². The van der Waals surface area contributed by atoms with Gasteiger partial charge in [0.2, 0.25) is 0 Å². The van der Waals surface area contributed by atoms with Crippen molar-refractivity contribution in [2.24, 2.45) is 5.41 Å². The van der Waals surface area contributed by atoms with Gasteiger partial charge in [0.25, 0.3) is 0 Å². The summed E-state index contributed by atoms with van der Waals surface area (Å²) >= 11 is 0. The lowest BCUT2D eigenvalue weighted by atomic mass is 9.73. The van der Waals surface area contributed by atoms with Crippen molar-refractivity contribution in [2.75, 3.05) is 13.2 Å². The zero-order valence-electron chi connectivity index (χ0n) is 9.41. The average molecular weight is 210 g/mol. The predicted molar refractivity (Wildman–Crippen MR) is 56.4 cm³/mol. The molecule has 84 valence electrons. The molecule has 3 heteroatoms. The molecule has 0 N–H and O–H groups in total. The summed E-state index contributed by atoms with van der Waals surface area (Å²) in [7, 11) is 0. The lowest BCUT2D eigenvalue weighted by molar-refractivity contribution is -0.225. The molecule has 1 aliphatic carbocycles.